The summed E-state index contributed by atoms with van der Waals surface area (Å²) in [5.74, 6) is 1.56. The van der Waals surface area contributed by atoms with Crippen LogP contribution in [0.4, 0.5) is 5.69 Å². The lowest BCUT2D eigenvalue weighted by Crippen LogP contribution is -2.12. The molecule has 0 saturated heterocycles. The van der Waals surface area contributed by atoms with Crippen molar-refractivity contribution in [3.05, 3.63) is 77.4 Å². The third-order valence-corrected chi connectivity index (χ3v) is 4.89. The molecule has 5 heteroatoms. The molecule has 3 aromatic carbocycles. The van der Waals surface area contributed by atoms with Crippen molar-refractivity contribution in [2.24, 2.45) is 5.92 Å². The van der Waals surface area contributed by atoms with Gasteiger partial charge in [0, 0.05) is 16.8 Å². The predicted molar refractivity (Wildman–Crippen MR) is 124 cm³/mol. The summed E-state index contributed by atoms with van der Waals surface area (Å²) in [4.78, 5) is 17.3. The minimum absolute atomic E-state index is 0.184. The normalized spacial score (nSPS) is 11.1. The molecule has 0 radical (unpaired) electrons. The highest BCUT2D eigenvalue weighted by molar-refractivity contribution is 6.04. The molecule has 0 fully saturated rings. The smallest absolute Gasteiger partial charge is 0.255 e. The fourth-order valence-electron chi connectivity index (χ4n) is 3.40. The number of fused-ring (bicyclic) bond motifs is 1. The molecule has 5 nitrogen and oxygen atoms in total. The maximum Gasteiger partial charge on any atom is 0.255 e. The Balaban J connectivity index is 1.51. The van der Waals surface area contributed by atoms with Crippen molar-refractivity contribution in [1.82, 2.24) is 4.98 Å². The highest BCUT2D eigenvalue weighted by atomic mass is 16.5. The summed E-state index contributed by atoms with van der Waals surface area (Å²) in [6.07, 6.45) is 0. The highest BCUT2D eigenvalue weighted by Gasteiger charge is 2.12. The summed E-state index contributed by atoms with van der Waals surface area (Å²) in [7, 11) is 0. The van der Waals surface area contributed by atoms with Gasteiger partial charge in [-0.2, -0.15) is 0 Å². The number of rotatable bonds is 6. The fraction of sp³-hybridized carbons (Fsp3) is 0.231. The zero-order chi connectivity index (χ0) is 22.0. The Hall–Kier alpha value is -3.60. The number of hydrogen-bond acceptors (Lipinski definition) is 4. The van der Waals surface area contributed by atoms with Gasteiger partial charge in [-0.1, -0.05) is 26.0 Å². The molecule has 4 aromatic rings. The number of aromatic nitrogens is 1. The first kappa shape index (κ1) is 20.7. The van der Waals surface area contributed by atoms with Gasteiger partial charge in [0.2, 0.25) is 5.89 Å². The van der Waals surface area contributed by atoms with Crippen molar-refractivity contribution >= 4 is 22.7 Å². The molecule has 1 aromatic heterocycles. The van der Waals surface area contributed by atoms with E-state index in [9.17, 15) is 4.79 Å². The SMILES string of the molecule is Cc1cc(C)c2oc(-c3cccc(NC(=O)c4ccc(OCC(C)C)cc4)c3)nc2c1. The van der Waals surface area contributed by atoms with Crippen molar-refractivity contribution in [3.63, 3.8) is 0 Å². The van der Waals surface area contributed by atoms with Crippen LogP contribution in [0.2, 0.25) is 0 Å². The second-order valence-electron chi connectivity index (χ2n) is 8.21. The van der Waals surface area contributed by atoms with Crippen LogP contribution in [0.15, 0.2) is 65.1 Å². The van der Waals surface area contributed by atoms with Crippen LogP contribution in [0, 0.1) is 19.8 Å². The maximum absolute atomic E-state index is 12.7. The number of nitrogens with zero attached hydrogens (tertiary/aromatic N) is 1. The number of nitrogens with one attached hydrogen (secondary N) is 1. The number of oxazole rings is 1. The average Bonchev–Trinajstić information content (AvgIpc) is 3.17. The number of benzene rings is 3. The third kappa shape index (κ3) is 4.77. The van der Waals surface area contributed by atoms with Gasteiger partial charge in [0.05, 0.1) is 6.61 Å². The molecule has 0 aliphatic heterocycles. The van der Waals surface area contributed by atoms with Crippen molar-refractivity contribution in [1.29, 1.82) is 0 Å². The van der Waals surface area contributed by atoms with Crippen LogP contribution in [0.3, 0.4) is 0 Å². The molecule has 0 aliphatic carbocycles. The van der Waals surface area contributed by atoms with Gasteiger partial charge in [-0.05, 0) is 79.4 Å². The zero-order valence-electron chi connectivity index (χ0n) is 18.2. The van der Waals surface area contributed by atoms with Crippen LogP contribution in [0.5, 0.6) is 5.75 Å². The molecule has 31 heavy (non-hydrogen) atoms. The molecule has 0 unspecified atom stereocenters. The quantitative estimate of drug-likeness (QED) is 0.396. The second kappa shape index (κ2) is 8.64. The van der Waals surface area contributed by atoms with Gasteiger partial charge in [0.1, 0.15) is 11.3 Å². The molecule has 1 N–H and O–H groups in total. The van der Waals surface area contributed by atoms with Crippen molar-refractivity contribution in [2.45, 2.75) is 27.7 Å². The summed E-state index contributed by atoms with van der Waals surface area (Å²) in [5.41, 5.74) is 5.87. The summed E-state index contributed by atoms with van der Waals surface area (Å²) in [6.45, 7) is 8.89. The van der Waals surface area contributed by atoms with E-state index >= 15 is 0 Å². The largest absolute Gasteiger partial charge is 0.493 e. The van der Waals surface area contributed by atoms with Crippen LogP contribution >= 0.6 is 0 Å². The Kier molecular flexibility index (Phi) is 5.76. The first-order valence-electron chi connectivity index (χ1n) is 10.4. The molecule has 158 valence electrons. The van der Waals surface area contributed by atoms with Crippen molar-refractivity contribution in [3.8, 4) is 17.2 Å². The topological polar surface area (TPSA) is 64.4 Å². The Bertz CT molecular complexity index is 1220. The van der Waals surface area contributed by atoms with Gasteiger partial charge >= 0.3 is 0 Å². The molecule has 0 saturated carbocycles. The lowest BCUT2D eigenvalue weighted by atomic mass is 10.1. The van der Waals surface area contributed by atoms with Gasteiger partial charge in [-0.25, -0.2) is 4.98 Å². The summed E-state index contributed by atoms with van der Waals surface area (Å²) >= 11 is 0. The van der Waals surface area contributed by atoms with Gasteiger partial charge in [0.25, 0.3) is 5.91 Å². The van der Waals surface area contributed by atoms with Crippen LogP contribution in [0.25, 0.3) is 22.6 Å². The predicted octanol–water partition coefficient (Wildman–Crippen LogP) is 6.40. The number of carbonyl (C=O) groups excluding carboxylic acids is 1. The molecule has 0 aliphatic rings. The number of hydrogen-bond donors (Lipinski definition) is 1. The molecule has 1 amide bonds. The van der Waals surface area contributed by atoms with Gasteiger partial charge in [-0.15, -0.1) is 0 Å². The molecule has 4 rings (SSSR count). The van der Waals surface area contributed by atoms with Crippen LogP contribution < -0.4 is 10.1 Å². The van der Waals surface area contributed by atoms with E-state index in [4.69, 9.17) is 9.15 Å². The minimum Gasteiger partial charge on any atom is -0.493 e. The Morgan fingerprint density at radius 2 is 1.84 bits per heavy atom. The van der Waals surface area contributed by atoms with E-state index in [0.29, 0.717) is 29.7 Å². The zero-order valence-corrected chi connectivity index (χ0v) is 18.2. The van der Waals surface area contributed by atoms with Crippen molar-refractivity contribution in [2.75, 3.05) is 11.9 Å². The standard InChI is InChI=1S/C26H26N2O3/c1-16(2)15-30-22-10-8-19(9-11-22)25(29)27-21-7-5-6-20(14-21)26-28-23-13-17(3)12-18(4)24(23)31-26/h5-14,16H,15H2,1-4H3,(H,27,29). The fourth-order valence-corrected chi connectivity index (χ4v) is 3.40. The third-order valence-electron chi connectivity index (χ3n) is 4.89. The van der Waals surface area contributed by atoms with E-state index in [1.807, 2.05) is 56.3 Å². The molecular weight excluding hydrogens is 388 g/mol. The molecular formula is C26H26N2O3. The first-order chi connectivity index (χ1) is 14.9. The minimum atomic E-state index is -0.184. The Morgan fingerprint density at radius 3 is 2.58 bits per heavy atom. The monoisotopic (exact) mass is 414 g/mol. The molecule has 0 spiro atoms. The number of carbonyl (C=O) groups is 1. The number of anilines is 1. The summed E-state index contributed by atoms with van der Waals surface area (Å²) in [5, 5.41) is 2.94. The maximum atomic E-state index is 12.7. The van der Waals surface area contributed by atoms with E-state index in [1.165, 1.54) is 0 Å². The van der Waals surface area contributed by atoms with E-state index in [-0.39, 0.29) is 5.91 Å². The molecule has 0 atom stereocenters. The van der Waals surface area contributed by atoms with E-state index in [2.05, 4.69) is 30.2 Å². The Labute approximate surface area is 182 Å². The van der Waals surface area contributed by atoms with Gasteiger partial charge in [-0.3, -0.25) is 4.79 Å². The number of aryl methyl sites for hydroxylation is 2. The summed E-state index contributed by atoms with van der Waals surface area (Å²) in [6, 6.07) is 18.8. The van der Waals surface area contributed by atoms with E-state index in [0.717, 1.165) is 33.5 Å². The van der Waals surface area contributed by atoms with E-state index in [1.54, 1.807) is 12.1 Å². The summed E-state index contributed by atoms with van der Waals surface area (Å²) < 4.78 is 11.7. The van der Waals surface area contributed by atoms with Crippen molar-refractivity contribution < 1.29 is 13.9 Å². The Morgan fingerprint density at radius 1 is 1.06 bits per heavy atom. The highest BCUT2D eigenvalue weighted by Crippen LogP contribution is 2.29. The van der Waals surface area contributed by atoms with Crippen LogP contribution in [-0.4, -0.2) is 17.5 Å². The second-order valence-corrected chi connectivity index (χ2v) is 8.21. The number of amides is 1. The lowest BCUT2D eigenvalue weighted by Gasteiger charge is -2.10. The average molecular weight is 415 g/mol. The first-order valence-corrected chi connectivity index (χ1v) is 10.4. The lowest BCUT2D eigenvalue weighted by molar-refractivity contribution is 0.102. The molecule has 1 heterocycles. The van der Waals surface area contributed by atoms with E-state index < -0.39 is 0 Å². The van der Waals surface area contributed by atoms with Crippen LogP contribution in [-0.2, 0) is 0 Å². The number of ether oxygens (including phenoxy) is 1. The van der Waals surface area contributed by atoms with Crippen LogP contribution in [0.1, 0.15) is 35.3 Å². The van der Waals surface area contributed by atoms with Gasteiger partial charge in [0.15, 0.2) is 5.58 Å². The molecule has 0 bridgehead atoms. The van der Waals surface area contributed by atoms with Gasteiger partial charge < -0.3 is 14.5 Å².